The number of ether oxygens (including phenoxy) is 2. The number of pyridine rings is 1. The molecule has 2 aliphatic rings. The van der Waals surface area contributed by atoms with E-state index in [9.17, 15) is 4.79 Å². The van der Waals surface area contributed by atoms with Crippen molar-refractivity contribution in [2.75, 3.05) is 27.2 Å². The molecule has 318 valence electrons. The second-order valence-electron chi connectivity index (χ2n) is 16.9. The highest BCUT2D eigenvalue weighted by Crippen LogP contribution is 2.40. The highest BCUT2D eigenvalue weighted by molar-refractivity contribution is 6.30. The predicted octanol–water partition coefficient (Wildman–Crippen LogP) is 10.3. The molecule has 0 saturated heterocycles. The molecule has 11 nitrogen and oxygen atoms in total. The third kappa shape index (κ3) is 9.41. The number of H-pyrrole nitrogens is 1. The summed E-state index contributed by atoms with van der Waals surface area (Å²) in [5.41, 5.74) is 11.1. The van der Waals surface area contributed by atoms with Crippen LogP contribution in [0.25, 0.3) is 33.3 Å². The number of aromatic amines is 1. The van der Waals surface area contributed by atoms with E-state index in [0.717, 1.165) is 42.0 Å². The fourth-order valence-electron chi connectivity index (χ4n) is 7.97. The van der Waals surface area contributed by atoms with Crippen molar-refractivity contribution in [1.82, 2.24) is 34.9 Å². The number of fused-ring (bicyclic) bond motifs is 3. The smallest absolute Gasteiger partial charge is 0.408 e. The largest absolute Gasteiger partial charge is 0.493 e. The fourth-order valence-corrected chi connectivity index (χ4v) is 8.10. The first-order valence-electron chi connectivity index (χ1n) is 20.7. The van der Waals surface area contributed by atoms with Crippen LogP contribution in [0.5, 0.6) is 5.75 Å². The fraction of sp³-hybridized carbons (Fsp3) is 0.286. The summed E-state index contributed by atoms with van der Waals surface area (Å²) < 4.78 is 28.6. The molecule has 0 aliphatic carbocycles. The van der Waals surface area contributed by atoms with E-state index >= 15 is 4.39 Å². The maximum Gasteiger partial charge on any atom is 0.408 e. The average Bonchev–Trinajstić information content (AvgIpc) is 4.02. The summed E-state index contributed by atoms with van der Waals surface area (Å²) in [7, 11) is 3.95. The molecule has 0 radical (unpaired) electrons. The molecule has 2 unspecified atom stereocenters. The number of amides is 1. The van der Waals surface area contributed by atoms with Gasteiger partial charge in [0, 0.05) is 71.9 Å². The molecule has 9 rings (SSSR count). The molecule has 7 aromatic rings. The van der Waals surface area contributed by atoms with Crippen LogP contribution in [-0.2, 0) is 24.1 Å². The van der Waals surface area contributed by atoms with E-state index in [1.54, 1.807) is 51.4 Å². The minimum Gasteiger partial charge on any atom is -0.493 e. The first kappa shape index (κ1) is 42.3. The van der Waals surface area contributed by atoms with E-state index in [1.165, 1.54) is 39.6 Å². The third-order valence-corrected chi connectivity index (χ3v) is 11.3. The summed E-state index contributed by atoms with van der Waals surface area (Å²) in [5.74, 6) is 1.54. The van der Waals surface area contributed by atoms with Gasteiger partial charge in [-0.05, 0) is 118 Å². The standard InChI is InChI=1S/C26H30ClFN6O2.C23H20N2O/c1-26(2,3)36-25(35)32-23(16-6-8-18(27)9-7-16)24-31-21-13-20(28)19(17-14-29-30-15-17)12-22(21)34(24)11-10-33(4)5;1-15-20(16-8-10-24-11-9-16)7-6-18-13-21(25-23(15)18)19-12-17-4-2-3-5-22(17)26-14-19/h6-9,12-15,23H,10-11H2,1-5H3,(H,29,30)(H,32,35);2-11,19H,12-14H2,1H3. The van der Waals surface area contributed by atoms with Crippen molar-refractivity contribution >= 4 is 40.1 Å². The number of hydrogen-bond acceptors (Lipinski definition) is 8. The number of carbonyl (C=O) groups excluding carboxylic acids is 1. The van der Waals surface area contributed by atoms with Gasteiger partial charge in [-0.15, -0.1) is 0 Å². The minimum absolute atomic E-state index is 0.362. The van der Waals surface area contributed by atoms with Gasteiger partial charge in [0.25, 0.3) is 0 Å². The Hall–Kier alpha value is -6.37. The third-order valence-electron chi connectivity index (χ3n) is 11.1. The van der Waals surface area contributed by atoms with Crippen LogP contribution >= 0.6 is 11.6 Å². The second kappa shape index (κ2) is 17.9. The molecule has 4 aromatic carbocycles. The number of alkyl carbamates (subject to hydrolysis) is 1. The Bertz CT molecular complexity index is 2730. The number of aliphatic imine (C=N–C) groups is 1. The second-order valence-corrected chi connectivity index (χ2v) is 17.4. The highest BCUT2D eigenvalue weighted by Gasteiger charge is 2.30. The van der Waals surface area contributed by atoms with Crippen LogP contribution in [-0.4, -0.2) is 74.3 Å². The normalized spacial score (nSPS) is 14.9. The quantitative estimate of drug-likeness (QED) is 0.148. The monoisotopic (exact) mass is 852 g/mol. The maximum absolute atomic E-state index is 15.1. The number of halogens is 2. The Kier molecular flexibility index (Phi) is 12.2. The van der Waals surface area contributed by atoms with Gasteiger partial charge >= 0.3 is 6.09 Å². The molecular weight excluding hydrogens is 803 g/mol. The van der Waals surface area contributed by atoms with Gasteiger partial charge < -0.3 is 24.3 Å². The summed E-state index contributed by atoms with van der Waals surface area (Å²) in [6.45, 7) is 9.57. The molecule has 2 N–H and O–H groups in total. The van der Waals surface area contributed by atoms with Gasteiger partial charge in [-0.25, -0.2) is 14.2 Å². The molecule has 62 heavy (non-hydrogen) atoms. The first-order valence-corrected chi connectivity index (χ1v) is 21.1. The van der Waals surface area contributed by atoms with Crippen molar-refractivity contribution in [3.63, 3.8) is 0 Å². The van der Waals surface area contributed by atoms with E-state index in [-0.39, 0.29) is 0 Å². The van der Waals surface area contributed by atoms with E-state index in [1.807, 2.05) is 49.3 Å². The van der Waals surface area contributed by atoms with Gasteiger partial charge in [0.1, 0.15) is 29.0 Å². The molecule has 2 aliphatic heterocycles. The van der Waals surface area contributed by atoms with E-state index in [2.05, 4.69) is 74.8 Å². The summed E-state index contributed by atoms with van der Waals surface area (Å²) >= 11 is 6.13. The molecular formula is C49H50ClFN8O3. The van der Waals surface area contributed by atoms with E-state index in [4.69, 9.17) is 31.1 Å². The Labute approximate surface area is 366 Å². The molecule has 0 bridgehead atoms. The van der Waals surface area contributed by atoms with Crippen LogP contribution in [0.2, 0.25) is 5.02 Å². The predicted molar refractivity (Wildman–Crippen MR) is 243 cm³/mol. The molecule has 0 saturated carbocycles. The number of likely N-dealkylation sites (N-methyl/N-ethyl adjacent to an activating group) is 1. The number of para-hydroxylation sites is 1. The highest BCUT2D eigenvalue weighted by atomic mass is 35.5. The number of aromatic nitrogens is 5. The summed E-state index contributed by atoms with van der Waals surface area (Å²) in [4.78, 5) is 28.9. The van der Waals surface area contributed by atoms with Crippen molar-refractivity contribution in [1.29, 1.82) is 0 Å². The molecule has 0 fully saturated rings. The number of hydrogen-bond donors (Lipinski definition) is 2. The zero-order chi connectivity index (χ0) is 43.5. The Morgan fingerprint density at radius 3 is 2.52 bits per heavy atom. The Morgan fingerprint density at radius 1 is 1.02 bits per heavy atom. The van der Waals surface area contributed by atoms with Gasteiger partial charge in [0.05, 0.1) is 29.5 Å². The molecule has 0 spiro atoms. The number of nitrogens with zero attached hydrogens (tertiary/aromatic N) is 6. The number of carbonyl (C=O) groups is 1. The van der Waals surface area contributed by atoms with Crippen LogP contribution in [0.1, 0.15) is 54.9 Å². The van der Waals surface area contributed by atoms with Crippen molar-refractivity contribution in [3.05, 3.63) is 149 Å². The zero-order valence-corrected chi connectivity index (χ0v) is 36.5. The number of imidazole rings is 1. The van der Waals surface area contributed by atoms with Gasteiger partial charge in [-0.1, -0.05) is 54.1 Å². The molecule has 5 heterocycles. The van der Waals surface area contributed by atoms with Crippen LogP contribution in [0.4, 0.5) is 14.9 Å². The first-order chi connectivity index (χ1) is 29.8. The minimum atomic E-state index is -0.678. The van der Waals surface area contributed by atoms with E-state index in [0.29, 0.717) is 46.5 Å². The molecule has 3 aromatic heterocycles. The van der Waals surface area contributed by atoms with Crippen LogP contribution in [0.15, 0.2) is 115 Å². The van der Waals surface area contributed by atoms with Crippen molar-refractivity contribution < 1.29 is 18.7 Å². The maximum atomic E-state index is 15.1. The van der Waals surface area contributed by atoms with Crippen LogP contribution in [0.3, 0.4) is 0 Å². The summed E-state index contributed by atoms with van der Waals surface area (Å²) in [6.07, 6.45) is 8.26. The summed E-state index contributed by atoms with van der Waals surface area (Å²) in [6, 6.07) is 26.6. The molecule has 13 heteroatoms. The number of rotatable bonds is 9. The van der Waals surface area contributed by atoms with Crippen molar-refractivity contribution in [2.24, 2.45) is 10.9 Å². The van der Waals surface area contributed by atoms with Gasteiger partial charge in [0.15, 0.2) is 0 Å². The van der Waals surface area contributed by atoms with Gasteiger partial charge in [-0.2, -0.15) is 5.10 Å². The lowest BCUT2D eigenvalue weighted by molar-refractivity contribution is 0.0509. The molecule has 1 amide bonds. The van der Waals surface area contributed by atoms with Crippen molar-refractivity contribution in [2.45, 2.75) is 58.7 Å². The van der Waals surface area contributed by atoms with Crippen LogP contribution in [0, 0.1) is 18.7 Å². The lowest BCUT2D eigenvalue weighted by atomic mass is 9.90. The van der Waals surface area contributed by atoms with Crippen LogP contribution < -0.4 is 10.1 Å². The Morgan fingerprint density at radius 2 is 1.79 bits per heavy atom. The van der Waals surface area contributed by atoms with E-state index < -0.39 is 23.6 Å². The number of nitrogens with one attached hydrogen (secondary N) is 2. The van der Waals surface area contributed by atoms with Gasteiger partial charge in [-0.3, -0.25) is 15.1 Å². The van der Waals surface area contributed by atoms with Gasteiger partial charge in [0.2, 0.25) is 0 Å². The molecule has 2 atom stereocenters. The number of benzene rings is 4. The SMILES string of the molecule is CN(C)CCn1c(C(NC(=O)OC(C)(C)C)c2ccc(Cl)cc2)nc2cc(F)c(-c3cn[nH]c3)cc21.Cc1c(-c2ccncc2)ccc2c1N=C(C1COc3ccccc3C1)C2. The zero-order valence-electron chi connectivity index (χ0n) is 35.7. The lowest BCUT2D eigenvalue weighted by Crippen LogP contribution is -2.36. The Balaban J connectivity index is 0.000000179. The van der Waals surface area contributed by atoms with Crippen molar-refractivity contribution in [3.8, 4) is 28.0 Å². The average molecular weight is 853 g/mol. The summed E-state index contributed by atoms with van der Waals surface area (Å²) in [5, 5.41) is 10.2. The lowest BCUT2D eigenvalue weighted by Gasteiger charge is -2.25. The topological polar surface area (TPSA) is 123 Å².